The second-order valence-electron chi connectivity index (χ2n) is 7.79. The predicted octanol–water partition coefficient (Wildman–Crippen LogP) is 7.33. The van der Waals surface area contributed by atoms with Gasteiger partial charge in [0.05, 0.1) is 0 Å². The SMILES string of the molecule is [2H]C([2H])([2H])c1c[n+](C)c(C(C)(C)C)cc1-c1c(C([2H])(C([2H])([2H])[2H])C([2H])([2H])[2H])cc(C([2H])(C([2H])([2H])[2H])C([2H])([2H])[2H])cc1C(C([2H])([2H])[2H])(C([2H])([2H])[2H])C([2H])([2H])[2H]. The van der Waals surface area contributed by atoms with Gasteiger partial charge in [-0.1, -0.05) is 80.9 Å². The highest BCUT2D eigenvalue weighted by Crippen LogP contribution is 2.42. The smallest absolute Gasteiger partial charge is 0.187 e. The second kappa shape index (κ2) is 7.65. The molecule has 0 aliphatic carbocycles. The van der Waals surface area contributed by atoms with Crippen LogP contribution in [0, 0.1) is 6.85 Å². The fourth-order valence-electron chi connectivity index (χ4n) is 3.17. The number of hydrogen-bond donors (Lipinski definition) is 0. The first-order valence-corrected chi connectivity index (χ1v) is 8.45. The molecule has 0 aliphatic heterocycles. The third-order valence-corrected chi connectivity index (χ3v) is 4.41. The van der Waals surface area contributed by atoms with Gasteiger partial charge in [0.15, 0.2) is 11.9 Å². The van der Waals surface area contributed by atoms with Crippen LogP contribution in [0.3, 0.4) is 0 Å². The summed E-state index contributed by atoms with van der Waals surface area (Å²) in [5.41, 5.74) is -13.0. The zero-order valence-electron chi connectivity index (χ0n) is 42.3. The maximum atomic E-state index is 9.25. The molecule has 1 nitrogen and oxygen atoms in total. The molecule has 0 N–H and O–H groups in total. The van der Waals surface area contributed by atoms with Crippen molar-refractivity contribution in [2.24, 2.45) is 7.05 Å². The van der Waals surface area contributed by atoms with Gasteiger partial charge in [-0.15, -0.1) is 0 Å². The van der Waals surface area contributed by atoms with Crippen LogP contribution in [0.2, 0.25) is 0 Å². The highest BCUT2D eigenvalue weighted by Gasteiger charge is 2.29. The van der Waals surface area contributed by atoms with Crippen LogP contribution in [0.1, 0.15) is 144 Å². The van der Waals surface area contributed by atoms with Crippen LogP contribution in [0.15, 0.2) is 24.4 Å². The molecule has 0 atom stereocenters. The Balaban J connectivity index is 4.09. The third kappa shape index (κ3) is 4.50. The molecular formula is C27H42N+. The first kappa shape index (κ1) is 5.96. The van der Waals surface area contributed by atoms with Gasteiger partial charge >= 0.3 is 0 Å². The molecule has 0 fully saturated rings. The highest BCUT2D eigenvalue weighted by atomic mass is 14.9. The molecule has 0 bridgehead atoms. The molecule has 0 radical (unpaired) electrons. The molecule has 2 aromatic rings. The van der Waals surface area contributed by atoms with E-state index in [-0.39, 0.29) is 17.8 Å². The average Bonchev–Trinajstić information content (AvgIpc) is 2.85. The van der Waals surface area contributed by atoms with E-state index in [2.05, 4.69) is 0 Å². The molecule has 0 amide bonds. The number of benzene rings is 1. The van der Waals surface area contributed by atoms with Crippen molar-refractivity contribution in [3.8, 4) is 11.1 Å². The highest BCUT2D eigenvalue weighted by molar-refractivity contribution is 5.76. The molecule has 2 rings (SSSR count). The van der Waals surface area contributed by atoms with Crippen LogP contribution in [-0.4, -0.2) is 0 Å². The Morgan fingerprint density at radius 3 is 2.14 bits per heavy atom. The minimum absolute atomic E-state index is 0.131. The van der Waals surface area contributed by atoms with Gasteiger partial charge in [0.2, 0.25) is 0 Å². The van der Waals surface area contributed by atoms with Crippen molar-refractivity contribution >= 4 is 0 Å². The van der Waals surface area contributed by atoms with Gasteiger partial charge in [-0.3, -0.25) is 0 Å². The maximum Gasteiger partial charge on any atom is 0.187 e. The normalized spacial score (nSPS) is 31.0. The lowest BCUT2D eigenvalue weighted by Gasteiger charge is -2.29. The van der Waals surface area contributed by atoms with E-state index in [1.807, 2.05) is 0 Å². The topological polar surface area (TPSA) is 3.88 Å². The molecule has 154 valence electrons. The van der Waals surface area contributed by atoms with Crippen molar-refractivity contribution in [1.82, 2.24) is 0 Å². The maximum absolute atomic E-state index is 9.25. The van der Waals surface area contributed by atoms with E-state index in [0.717, 1.165) is 12.3 Å². The van der Waals surface area contributed by atoms with Gasteiger partial charge < -0.3 is 0 Å². The molecular weight excluding hydrogens is 338 g/mol. The molecule has 1 aromatic heterocycles. The molecule has 1 heteroatoms. The summed E-state index contributed by atoms with van der Waals surface area (Å²) >= 11 is 0. The van der Waals surface area contributed by atoms with E-state index in [0.29, 0.717) is 0 Å². The van der Waals surface area contributed by atoms with Crippen molar-refractivity contribution in [1.29, 1.82) is 0 Å². The summed E-state index contributed by atoms with van der Waals surface area (Å²) in [6.07, 6.45) is 0.946. The summed E-state index contributed by atoms with van der Waals surface area (Å²) < 4.78 is 220. The number of pyridine rings is 1. The Hall–Kier alpha value is -1.63. The van der Waals surface area contributed by atoms with Gasteiger partial charge in [0.1, 0.15) is 7.05 Å². The summed E-state index contributed by atoms with van der Waals surface area (Å²) in [6.45, 7) is -27.6. The third-order valence-electron chi connectivity index (χ3n) is 4.41. The zero-order chi connectivity index (χ0) is 43.4. The summed E-state index contributed by atoms with van der Waals surface area (Å²) in [5.74, 6) is -8.16. The predicted molar refractivity (Wildman–Crippen MR) is 123 cm³/mol. The first-order chi connectivity index (χ1) is 23.2. The molecule has 1 aromatic carbocycles. The summed E-state index contributed by atoms with van der Waals surface area (Å²) in [6, 6.07) is 1.35. The Bertz CT molecular complexity index is 1650. The molecule has 0 saturated carbocycles. The Kier molecular flexibility index (Phi) is 1.63. The van der Waals surface area contributed by atoms with E-state index < -0.39 is 111 Å². The van der Waals surface area contributed by atoms with E-state index in [9.17, 15) is 1.37 Å². The van der Waals surface area contributed by atoms with Crippen LogP contribution in [0.5, 0.6) is 0 Å². The summed E-state index contributed by atoms with van der Waals surface area (Å²) in [4.78, 5) is 0. The molecule has 0 saturated heterocycles. The Morgan fingerprint density at radius 1 is 0.929 bits per heavy atom. The monoisotopic (exact) mass is 406 g/mol. The van der Waals surface area contributed by atoms with Gasteiger partial charge in [0, 0.05) is 52.7 Å². The summed E-state index contributed by atoms with van der Waals surface area (Å²) in [5, 5.41) is 0. The number of aryl methyl sites for hydroxylation is 2. The molecule has 0 spiro atoms. The fraction of sp³-hybridized carbons (Fsp3) is 0.593. The van der Waals surface area contributed by atoms with E-state index >= 15 is 0 Å². The fourth-order valence-corrected chi connectivity index (χ4v) is 3.17. The van der Waals surface area contributed by atoms with Crippen molar-refractivity contribution in [2.75, 3.05) is 0 Å². The molecule has 28 heavy (non-hydrogen) atoms. The van der Waals surface area contributed by atoms with E-state index in [1.54, 1.807) is 20.8 Å². The lowest BCUT2D eigenvalue weighted by molar-refractivity contribution is -0.682. The van der Waals surface area contributed by atoms with E-state index in [4.69, 9.17) is 34.3 Å². The van der Waals surface area contributed by atoms with Gasteiger partial charge in [0.25, 0.3) is 0 Å². The number of aromatic nitrogens is 1. The van der Waals surface area contributed by atoms with Crippen molar-refractivity contribution in [2.45, 2.75) is 98.2 Å². The van der Waals surface area contributed by atoms with Crippen molar-refractivity contribution < 1.29 is 40.2 Å². The van der Waals surface area contributed by atoms with E-state index in [1.165, 1.54) is 11.6 Å². The standard InChI is InChI=1S/C27H42N/c1-17(2)20-13-21(18(3)4)25(23(14-20)26(6,7)8)22-15-24(27(9,10)11)28(12)16-19(22)5/h13-18H,1-12H3/q+1/i1D3,2D3,3D3,4D3,5D3,6D3,7D3,8D3,17D,18D. The lowest BCUT2D eigenvalue weighted by Crippen LogP contribution is -2.39. The number of nitrogens with zero attached hydrogens (tertiary/aromatic N) is 1. The minimum Gasteiger partial charge on any atom is -0.204 e. The largest absolute Gasteiger partial charge is 0.204 e. The average molecular weight is 407 g/mol. The molecule has 1 heterocycles. The van der Waals surface area contributed by atoms with Gasteiger partial charge in [-0.25, -0.2) is 4.57 Å². The Morgan fingerprint density at radius 2 is 1.61 bits per heavy atom. The van der Waals surface area contributed by atoms with Crippen LogP contribution in [0.25, 0.3) is 11.1 Å². The minimum atomic E-state index is -4.34. The van der Waals surface area contributed by atoms with Crippen molar-refractivity contribution in [3.63, 3.8) is 0 Å². The van der Waals surface area contributed by atoms with Gasteiger partial charge in [-0.2, -0.15) is 0 Å². The molecule has 0 unspecified atom stereocenters. The lowest BCUT2D eigenvalue weighted by atomic mass is 9.75. The quantitative estimate of drug-likeness (QED) is 0.470. The number of rotatable bonds is 3. The zero-order valence-corrected chi connectivity index (χ0v) is 16.3. The molecule has 0 aliphatic rings. The van der Waals surface area contributed by atoms with Gasteiger partial charge in [-0.05, 0) is 51.9 Å². The number of hydrogen-bond acceptors (Lipinski definition) is 0. The second-order valence-corrected chi connectivity index (χ2v) is 7.79. The first-order valence-electron chi connectivity index (χ1n) is 21.4. The van der Waals surface area contributed by atoms with Crippen LogP contribution in [-0.2, 0) is 17.9 Å². The van der Waals surface area contributed by atoms with Crippen LogP contribution >= 0.6 is 0 Å². The van der Waals surface area contributed by atoms with Crippen molar-refractivity contribution in [3.05, 3.63) is 52.3 Å². The van der Waals surface area contributed by atoms with Crippen LogP contribution < -0.4 is 4.57 Å². The summed E-state index contributed by atoms with van der Waals surface area (Å²) in [7, 11) is 1.38. The van der Waals surface area contributed by atoms with Crippen LogP contribution in [0.4, 0.5) is 0 Å². The Labute approximate surface area is 210 Å².